The molecule has 8 heavy (non-hydrogen) atoms. The zero-order chi connectivity index (χ0) is 5.11. The van der Waals surface area contributed by atoms with Crippen LogP contribution in [0.25, 0.3) is 0 Å². The zero-order valence-corrected chi connectivity index (χ0v) is 7.90. The second-order valence-electron chi connectivity index (χ2n) is 1.46. The minimum Gasteiger partial charge on any atom is -0.353 e. The van der Waals surface area contributed by atoms with Gasteiger partial charge in [0.05, 0.1) is 13.2 Å². The molecule has 1 rings (SSSR count). The maximum Gasteiger partial charge on any atom is 2.00 e. The molecule has 1 saturated heterocycles. The van der Waals surface area contributed by atoms with Crippen molar-refractivity contribution in [1.29, 1.82) is 0 Å². The largest absolute Gasteiger partial charge is 2.00 e. The van der Waals surface area contributed by atoms with Gasteiger partial charge in [-0.25, -0.2) is 0 Å². The summed E-state index contributed by atoms with van der Waals surface area (Å²) in [6.07, 6.45) is 0.708. The SMILES string of the molecule is [CH2-]CC1OCCO1.[Zn+2]. The summed E-state index contributed by atoms with van der Waals surface area (Å²) in [4.78, 5) is 0. The summed E-state index contributed by atoms with van der Waals surface area (Å²) in [7, 11) is 0. The first-order valence-corrected chi connectivity index (χ1v) is 2.46. The van der Waals surface area contributed by atoms with Crippen molar-refractivity contribution in [3.8, 4) is 0 Å². The third-order valence-electron chi connectivity index (χ3n) is 0.927. The molecule has 0 unspecified atom stereocenters. The van der Waals surface area contributed by atoms with E-state index >= 15 is 0 Å². The number of hydrogen-bond acceptors (Lipinski definition) is 2. The van der Waals surface area contributed by atoms with Crippen LogP contribution in [0.2, 0.25) is 0 Å². The fraction of sp³-hybridized carbons (Fsp3) is 0.800. The number of rotatable bonds is 1. The van der Waals surface area contributed by atoms with Gasteiger partial charge in [-0.1, -0.05) is 0 Å². The van der Waals surface area contributed by atoms with Gasteiger partial charge in [-0.15, -0.1) is 6.42 Å². The molecule has 0 spiro atoms. The Morgan fingerprint density at radius 3 is 2.12 bits per heavy atom. The molecule has 0 amide bonds. The summed E-state index contributed by atoms with van der Waals surface area (Å²) < 4.78 is 10.0. The number of hydrogen-bond donors (Lipinski definition) is 0. The molecule has 1 aliphatic heterocycles. The summed E-state index contributed by atoms with van der Waals surface area (Å²) in [5.74, 6) is 0. The Morgan fingerprint density at radius 2 is 1.88 bits per heavy atom. The first kappa shape index (κ1) is 8.54. The van der Waals surface area contributed by atoms with Crippen LogP contribution in [-0.2, 0) is 29.0 Å². The zero-order valence-electron chi connectivity index (χ0n) is 4.93. The minimum atomic E-state index is -0.0139. The number of ether oxygens (including phenoxy) is 2. The molecule has 0 radical (unpaired) electrons. The quantitative estimate of drug-likeness (QED) is 0.419. The van der Waals surface area contributed by atoms with Crippen molar-refractivity contribution in [3.05, 3.63) is 6.92 Å². The Hall–Kier alpha value is 0.543. The van der Waals surface area contributed by atoms with Gasteiger partial charge in [0, 0.05) is 0 Å². The normalized spacial score (nSPS) is 20.6. The summed E-state index contributed by atoms with van der Waals surface area (Å²) >= 11 is 0. The Balaban J connectivity index is 0.000000490. The fourth-order valence-corrected chi connectivity index (χ4v) is 0.574. The first-order chi connectivity index (χ1) is 3.43. The summed E-state index contributed by atoms with van der Waals surface area (Å²) in [5.41, 5.74) is 0. The van der Waals surface area contributed by atoms with Gasteiger partial charge in [-0.05, 0) is 0 Å². The summed E-state index contributed by atoms with van der Waals surface area (Å²) in [5, 5.41) is 0. The third kappa shape index (κ3) is 2.21. The van der Waals surface area contributed by atoms with Gasteiger partial charge in [-0.3, -0.25) is 0 Å². The van der Waals surface area contributed by atoms with Gasteiger partial charge in [0.15, 0.2) is 0 Å². The standard InChI is InChI=1S/C5H9O2.Zn/c1-2-5-6-3-4-7-5;/h5H,1-4H2;/q-1;+2. The monoisotopic (exact) mass is 165 g/mol. The minimum absolute atomic E-state index is 0. The van der Waals surface area contributed by atoms with Crippen LogP contribution < -0.4 is 0 Å². The van der Waals surface area contributed by atoms with Crippen LogP contribution in [0, 0.1) is 6.92 Å². The van der Waals surface area contributed by atoms with Crippen LogP contribution in [0.3, 0.4) is 0 Å². The van der Waals surface area contributed by atoms with Crippen LogP contribution in [0.5, 0.6) is 0 Å². The third-order valence-corrected chi connectivity index (χ3v) is 0.927. The topological polar surface area (TPSA) is 18.5 Å². The molecule has 0 N–H and O–H groups in total. The van der Waals surface area contributed by atoms with E-state index in [0.29, 0.717) is 0 Å². The molecule has 0 aliphatic carbocycles. The van der Waals surface area contributed by atoms with Crippen LogP contribution in [-0.4, -0.2) is 19.5 Å². The van der Waals surface area contributed by atoms with E-state index < -0.39 is 0 Å². The van der Waals surface area contributed by atoms with Crippen LogP contribution in [0.4, 0.5) is 0 Å². The maximum absolute atomic E-state index is 5.02. The molecule has 1 aliphatic rings. The van der Waals surface area contributed by atoms with Crippen molar-refractivity contribution in [1.82, 2.24) is 0 Å². The molecule has 0 atom stereocenters. The molecule has 3 heteroatoms. The molecular formula is C5H9O2Zn+. The molecule has 0 aromatic rings. The molecule has 1 fully saturated rings. The van der Waals surface area contributed by atoms with Gasteiger partial charge in [0.2, 0.25) is 0 Å². The summed E-state index contributed by atoms with van der Waals surface area (Å²) in [6, 6.07) is 0. The molecule has 0 aromatic heterocycles. The van der Waals surface area contributed by atoms with Crippen LogP contribution >= 0.6 is 0 Å². The van der Waals surface area contributed by atoms with Gasteiger partial charge in [-0.2, -0.15) is 0 Å². The average Bonchev–Trinajstić information content (AvgIpc) is 2.14. The Morgan fingerprint density at radius 1 is 1.38 bits per heavy atom. The van der Waals surface area contributed by atoms with Gasteiger partial charge >= 0.3 is 19.5 Å². The Kier molecular flexibility index (Phi) is 4.73. The van der Waals surface area contributed by atoms with E-state index in [-0.39, 0.29) is 25.8 Å². The van der Waals surface area contributed by atoms with E-state index in [1.54, 1.807) is 0 Å². The Bertz CT molecular complexity index is 52.4. The molecule has 2 nitrogen and oxygen atoms in total. The van der Waals surface area contributed by atoms with Crippen molar-refractivity contribution in [2.75, 3.05) is 13.2 Å². The van der Waals surface area contributed by atoms with E-state index in [4.69, 9.17) is 9.47 Å². The molecular weight excluding hydrogens is 157 g/mol. The fourth-order valence-electron chi connectivity index (χ4n) is 0.574. The van der Waals surface area contributed by atoms with E-state index in [1.165, 1.54) is 0 Å². The second-order valence-corrected chi connectivity index (χ2v) is 1.46. The second kappa shape index (κ2) is 4.42. The Labute approximate surface area is 62.3 Å². The summed E-state index contributed by atoms with van der Waals surface area (Å²) in [6.45, 7) is 5.09. The van der Waals surface area contributed by atoms with Crippen molar-refractivity contribution >= 4 is 0 Å². The smallest absolute Gasteiger partial charge is 0.353 e. The molecule has 0 saturated carbocycles. The maximum atomic E-state index is 5.02. The molecule has 1 heterocycles. The predicted octanol–water partition coefficient (Wildman–Crippen LogP) is 0.581. The van der Waals surface area contributed by atoms with E-state index in [0.717, 1.165) is 19.6 Å². The van der Waals surface area contributed by atoms with Gasteiger partial charge in [0.25, 0.3) is 0 Å². The molecule has 42 valence electrons. The predicted molar refractivity (Wildman–Crippen MR) is 25.7 cm³/mol. The van der Waals surface area contributed by atoms with E-state index in [9.17, 15) is 0 Å². The van der Waals surface area contributed by atoms with Crippen molar-refractivity contribution in [2.45, 2.75) is 12.7 Å². The first-order valence-electron chi connectivity index (χ1n) is 2.46. The van der Waals surface area contributed by atoms with E-state index in [1.807, 2.05) is 0 Å². The van der Waals surface area contributed by atoms with Gasteiger partial charge < -0.3 is 16.4 Å². The van der Waals surface area contributed by atoms with Crippen molar-refractivity contribution in [3.63, 3.8) is 0 Å². The van der Waals surface area contributed by atoms with Crippen LogP contribution in [0.1, 0.15) is 6.42 Å². The van der Waals surface area contributed by atoms with Crippen molar-refractivity contribution < 1.29 is 29.0 Å². The van der Waals surface area contributed by atoms with Crippen LogP contribution in [0.15, 0.2) is 0 Å². The van der Waals surface area contributed by atoms with Crippen molar-refractivity contribution in [2.24, 2.45) is 0 Å². The molecule has 0 bridgehead atoms. The average molecular weight is 167 g/mol. The van der Waals surface area contributed by atoms with Gasteiger partial charge in [0.1, 0.15) is 6.29 Å². The van der Waals surface area contributed by atoms with E-state index in [2.05, 4.69) is 6.92 Å². The molecule has 0 aromatic carbocycles.